The van der Waals surface area contributed by atoms with Gasteiger partial charge in [-0.2, -0.15) is 0 Å². The largest absolute Gasteiger partial charge is 0.491 e. The van der Waals surface area contributed by atoms with Crippen molar-refractivity contribution in [1.29, 1.82) is 0 Å². The number of benzene rings is 1. The van der Waals surface area contributed by atoms with Crippen LogP contribution in [0.5, 0.6) is 5.75 Å². The van der Waals surface area contributed by atoms with Crippen molar-refractivity contribution in [2.75, 3.05) is 6.61 Å². The van der Waals surface area contributed by atoms with Crippen LogP contribution in [0.2, 0.25) is 5.02 Å². The Morgan fingerprint density at radius 2 is 2.19 bits per heavy atom. The van der Waals surface area contributed by atoms with Gasteiger partial charge in [-0.3, -0.25) is 10.1 Å². The smallest absolute Gasteiger partial charge is 0.288 e. The van der Waals surface area contributed by atoms with Crippen molar-refractivity contribution >= 4 is 17.3 Å². The van der Waals surface area contributed by atoms with E-state index in [2.05, 4.69) is 0 Å². The molecule has 1 N–H and O–H groups in total. The second-order valence-corrected chi connectivity index (χ2v) is 4.38. The molecule has 0 spiro atoms. The van der Waals surface area contributed by atoms with Crippen LogP contribution in [0, 0.1) is 10.1 Å². The van der Waals surface area contributed by atoms with Gasteiger partial charge in [-0.05, 0) is 19.9 Å². The van der Waals surface area contributed by atoms with Gasteiger partial charge < -0.3 is 9.84 Å². The minimum atomic E-state index is -0.964. The molecule has 0 bridgehead atoms. The molecular weight excluding hydrogens is 234 g/mol. The highest BCUT2D eigenvalue weighted by molar-refractivity contribution is 6.32. The van der Waals surface area contributed by atoms with E-state index in [1.165, 1.54) is 18.2 Å². The lowest BCUT2D eigenvalue weighted by Gasteiger charge is -2.17. The van der Waals surface area contributed by atoms with E-state index in [4.69, 9.17) is 16.3 Å². The molecule has 0 atom stereocenters. The Hall–Kier alpha value is -1.33. The van der Waals surface area contributed by atoms with Crippen LogP contribution in [0.3, 0.4) is 0 Å². The number of halogens is 1. The van der Waals surface area contributed by atoms with Gasteiger partial charge in [0, 0.05) is 12.1 Å². The van der Waals surface area contributed by atoms with E-state index in [0.717, 1.165) is 0 Å². The Labute approximate surface area is 97.8 Å². The quantitative estimate of drug-likeness (QED) is 0.653. The van der Waals surface area contributed by atoms with Gasteiger partial charge in [0.05, 0.1) is 10.5 Å². The number of hydrogen-bond donors (Lipinski definition) is 1. The Kier molecular flexibility index (Phi) is 3.72. The van der Waals surface area contributed by atoms with E-state index in [1.54, 1.807) is 13.8 Å². The third-order valence-electron chi connectivity index (χ3n) is 1.71. The molecule has 5 nitrogen and oxygen atoms in total. The van der Waals surface area contributed by atoms with Crippen molar-refractivity contribution in [2.24, 2.45) is 0 Å². The molecule has 1 rings (SSSR count). The number of nitro groups is 1. The van der Waals surface area contributed by atoms with Gasteiger partial charge in [-0.25, -0.2) is 0 Å². The summed E-state index contributed by atoms with van der Waals surface area (Å²) in [5.74, 6) is 0.387. The van der Waals surface area contributed by atoms with Crippen molar-refractivity contribution in [2.45, 2.75) is 19.4 Å². The number of ether oxygens (including phenoxy) is 1. The molecule has 1 aromatic rings. The van der Waals surface area contributed by atoms with Gasteiger partial charge in [0.1, 0.15) is 17.4 Å². The maximum Gasteiger partial charge on any atom is 0.288 e. The third kappa shape index (κ3) is 3.67. The highest BCUT2D eigenvalue weighted by Crippen LogP contribution is 2.28. The summed E-state index contributed by atoms with van der Waals surface area (Å²) in [7, 11) is 0. The van der Waals surface area contributed by atoms with Crippen LogP contribution in [0.15, 0.2) is 18.2 Å². The number of rotatable bonds is 4. The van der Waals surface area contributed by atoms with E-state index in [1.807, 2.05) is 0 Å². The third-order valence-corrected chi connectivity index (χ3v) is 2.01. The number of nitro benzene ring substituents is 1. The molecule has 0 heterocycles. The summed E-state index contributed by atoms with van der Waals surface area (Å²) in [6, 6.07) is 4.06. The lowest BCUT2D eigenvalue weighted by molar-refractivity contribution is -0.384. The second kappa shape index (κ2) is 4.67. The molecule has 88 valence electrons. The van der Waals surface area contributed by atoms with Crippen LogP contribution in [0.4, 0.5) is 5.69 Å². The van der Waals surface area contributed by atoms with Crippen LogP contribution in [0.25, 0.3) is 0 Å². The molecule has 0 unspecified atom stereocenters. The molecule has 0 saturated carbocycles. The number of nitrogens with zero attached hydrogens (tertiary/aromatic N) is 1. The van der Waals surface area contributed by atoms with Crippen molar-refractivity contribution in [3.05, 3.63) is 33.3 Å². The predicted molar refractivity (Wildman–Crippen MR) is 59.9 cm³/mol. The van der Waals surface area contributed by atoms with Crippen LogP contribution in [-0.4, -0.2) is 22.2 Å². The molecule has 0 aromatic heterocycles. The van der Waals surface area contributed by atoms with Gasteiger partial charge in [-0.1, -0.05) is 11.6 Å². The Morgan fingerprint density at radius 1 is 1.56 bits per heavy atom. The van der Waals surface area contributed by atoms with Gasteiger partial charge in [0.15, 0.2) is 0 Å². The van der Waals surface area contributed by atoms with Crippen LogP contribution < -0.4 is 4.74 Å². The molecular formula is C10H12ClNO4. The lowest BCUT2D eigenvalue weighted by atomic mass is 10.2. The molecule has 0 amide bonds. The number of aliphatic hydroxyl groups is 1. The molecule has 0 fully saturated rings. The molecule has 0 saturated heterocycles. The topological polar surface area (TPSA) is 72.6 Å². The first kappa shape index (κ1) is 12.7. The van der Waals surface area contributed by atoms with Crippen LogP contribution in [-0.2, 0) is 0 Å². The summed E-state index contributed by atoms with van der Waals surface area (Å²) < 4.78 is 5.23. The normalized spacial score (nSPS) is 11.2. The molecule has 0 aliphatic rings. The molecule has 16 heavy (non-hydrogen) atoms. The second-order valence-electron chi connectivity index (χ2n) is 3.97. The van der Waals surface area contributed by atoms with Crippen LogP contribution in [0.1, 0.15) is 13.8 Å². The summed E-state index contributed by atoms with van der Waals surface area (Å²) in [6.07, 6.45) is 0. The van der Waals surface area contributed by atoms with Crippen molar-refractivity contribution in [3.63, 3.8) is 0 Å². The van der Waals surface area contributed by atoms with E-state index < -0.39 is 10.5 Å². The Balaban J connectivity index is 2.78. The minimum Gasteiger partial charge on any atom is -0.491 e. The molecule has 1 aromatic carbocycles. The van der Waals surface area contributed by atoms with E-state index in [0.29, 0.717) is 5.75 Å². The Morgan fingerprint density at radius 3 is 2.62 bits per heavy atom. The Bertz CT molecular complexity index is 400. The van der Waals surface area contributed by atoms with Crippen molar-refractivity contribution in [1.82, 2.24) is 0 Å². The predicted octanol–water partition coefficient (Wildman–Crippen LogP) is 2.40. The highest BCUT2D eigenvalue weighted by atomic mass is 35.5. The SMILES string of the molecule is CC(C)(O)COc1ccc([N+](=O)[O-])c(Cl)c1. The first-order chi connectivity index (χ1) is 7.29. The number of hydrogen-bond acceptors (Lipinski definition) is 4. The molecule has 0 aliphatic heterocycles. The molecule has 0 aliphatic carbocycles. The monoisotopic (exact) mass is 245 g/mol. The maximum absolute atomic E-state index is 10.5. The standard InChI is InChI=1S/C10H12ClNO4/c1-10(2,13)6-16-7-3-4-9(12(14)15)8(11)5-7/h3-5,13H,6H2,1-2H3. The molecule has 6 heteroatoms. The zero-order chi connectivity index (χ0) is 12.3. The first-order valence-corrected chi connectivity index (χ1v) is 4.96. The fourth-order valence-corrected chi connectivity index (χ4v) is 1.22. The zero-order valence-electron chi connectivity index (χ0n) is 8.94. The first-order valence-electron chi connectivity index (χ1n) is 4.59. The summed E-state index contributed by atoms with van der Waals surface area (Å²) in [6.45, 7) is 3.28. The summed E-state index contributed by atoms with van der Waals surface area (Å²) in [5, 5.41) is 19.9. The van der Waals surface area contributed by atoms with Crippen molar-refractivity contribution in [3.8, 4) is 5.75 Å². The van der Waals surface area contributed by atoms with E-state index in [-0.39, 0.29) is 17.3 Å². The average Bonchev–Trinajstić information content (AvgIpc) is 2.13. The van der Waals surface area contributed by atoms with Crippen LogP contribution >= 0.6 is 11.6 Å². The minimum absolute atomic E-state index is 0.0123. The fraction of sp³-hybridized carbons (Fsp3) is 0.400. The van der Waals surface area contributed by atoms with E-state index >= 15 is 0 Å². The zero-order valence-corrected chi connectivity index (χ0v) is 9.69. The maximum atomic E-state index is 10.5. The lowest BCUT2D eigenvalue weighted by Crippen LogP contribution is -2.27. The summed E-state index contributed by atoms with van der Waals surface area (Å²) >= 11 is 5.69. The van der Waals surface area contributed by atoms with Gasteiger partial charge in [0.25, 0.3) is 5.69 Å². The van der Waals surface area contributed by atoms with Crippen molar-refractivity contribution < 1.29 is 14.8 Å². The van der Waals surface area contributed by atoms with E-state index in [9.17, 15) is 15.2 Å². The van der Waals surface area contributed by atoms with Gasteiger partial charge in [0.2, 0.25) is 0 Å². The van der Waals surface area contributed by atoms with Gasteiger partial charge in [-0.15, -0.1) is 0 Å². The summed E-state index contributed by atoms with van der Waals surface area (Å²) in [4.78, 5) is 9.92. The fourth-order valence-electron chi connectivity index (χ4n) is 0.985. The average molecular weight is 246 g/mol. The summed E-state index contributed by atoms with van der Waals surface area (Å²) in [5.41, 5.74) is -1.13. The van der Waals surface area contributed by atoms with Gasteiger partial charge >= 0.3 is 0 Å². The molecule has 0 radical (unpaired) electrons. The highest BCUT2D eigenvalue weighted by Gasteiger charge is 2.16.